The molecule has 5 nitrogen and oxygen atoms in total. The van der Waals surface area contributed by atoms with Gasteiger partial charge in [-0.25, -0.2) is 4.99 Å². The lowest BCUT2D eigenvalue weighted by Crippen LogP contribution is -2.57. The Kier molecular flexibility index (Phi) is 3.33. The minimum Gasteiger partial charge on any atom is -0.338 e. The lowest BCUT2D eigenvalue weighted by molar-refractivity contribution is -0.124. The zero-order chi connectivity index (χ0) is 15.9. The highest BCUT2D eigenvalue weighted by atomic mass is 16.2. The molecular weight excluding hydrogens is 288 g/mol. The Balaban J connectivity index is 1.66. The molecule has 4 rings (SSSR count). The van der Waals surface area contributed by atoms with Crippen molar-refractivity contribution < 1.29 is 4.79 Å². The number of fused-ring (bicyclic) bond motifs is 1. The summed E-state index contributed by atoms with van der Waals surface area (Å²) in [7, 11) is 0. The van der Waals surface area contributed by atoms with Gasteiger partial charge in [-0.1, -0.05) is 37.1 Å². The molecule has 1 N–H and O–H groups in total. The lowest BCUT2D eigenvalue weighted by atomic mass is 9.82. The third-order valence-electron chi connectivity index (χ3n) is 5.39. The zero-order valence-electron chi connectivity index (χ0n) is 13.1. The molecule has 23 heavy (non-hydrogen) atoms. The second-order valence-electron chi connectivity index (χ2n) is 6.74. The molecule has 5 heteroatoms. The zero-order valence-corrected chi connectivity index (χ0v) is 13.1. The molecule has 1 saturated carbocycles. The van der Waals surface area contributed by atoms with Crippen LogP contribution in [-0.2, 0) is 17.8 Å². The molecule has 0 saturated heterocycles. The van der Waals surface area contributed by atoms with Crippen molar-refractivity contribution in [1.29, 1.82) is 5.26 Å². The van der Waals surface area contributed by atoms with Crippen LogP contribution in [0.25, 0.3) is 0 Å². The van der Waals surface area contributed by atoms with E-state index in [0.717, 1.165) is 45.2 Å². The van der Waals surface area contributed by atoms with Crippen LogP contribution in [-0.4, -0.2) is 28.9 Å². The number of guanidine groups is 1. The minimum atomic E-state index is -0.647. The SMILES string of the molecule is N#C[C@@H]1C(=O)NC(N2CCc3ccccc3C2)=NC12CCCC2. The van der Waals surface area contributed by atoms with Crippen LogP contribution in [0.5, 0.6) is 0 Å². The average molecular weight is 308 g/mol. The summed E-state index contributed by atoms with van der Waals surface area (Å²) in [5.74, 6) is -0.165. The summed E-state index contributed by atoms with van der Waals surface area (Å²) in [4.78, 5) is 19.5. The van der Waals surface area contributed by atoms with Crippen LogP contribution in [0.3, 0.4) is 0 Å². The first-order valence-corrected chi connectivity index (χ1v) is 8.34. The third-order valence-corrected chi connectivity index (χ3v) is 5.39. The first kappa shape index (κ1) is 14.3. The van der Waals surface area contributed by atoms with Crippen molar-refractivity contribution >= 4 is 11.9 Å². The van der Waals surface area contributed by atoms with E-state index in [1.54, 1.807) is 0 Å². The Hall–Kier alpha value is -2.35. The highest BCUT2D eigenvalue weighted by Gasteiger charge is 2.49. The van der Waals surface area contributed by atoms with Gasteiger partial charge in [0.15, 0.2) is 5.92 Å². The molecule has 1 aromatic rings. The molecule has 0 aromatic heterocycles. The molecule has 0 radical (unpaired) electrons. The first-order chi connectivity index (χ1) is 11.2. The minimum absolute atomic E-state index is 0.182. The molecule has 0 bridgehead atoms. The maximum atomic E-state index is 12.4. The van der Waals surface area contributed by atoms with E-state index in [4.69, 9.17) is 4.99 Å². The molecule has 1 amide bonds. The number of benzene rings is 1. The second-order valence-corrected chi connectivity index (χ2v) is 6.74. The van der Waals surface area contributed by atoms with Gasteiger partial charge in [-0.05, 0) is 30.4 Å². The van der Waals surface area contributed by atoms with Crippen molar-refractivity contribution in [3.05, 3.63) is 35.4 Å². The van der Waals surface area contributed by atoms with Crippen molar-refractivity contribution in [2.24, 2.45) is 10.9 Å². The highest BCUT2D eigenvalue weighted by molar-refractivity contribution is 6.02. The summed E-state index contributed by atoms with van der Waals surface area (Å²) in [5, 5.41) is 12.3. The molecule has 1 aromatic carbocycles. The molecular formula is C18H20N4O. The molecule has 0 unspecified atom stereocenters. The molecule has 1 fully saturated rings. The summed E-state index contributed by atoms with van der Waals surface area (Å²) < 4.78 is 0. The van der Waals surface area contributed by atoms with Gasteiger partial charge >= 0.3 is 0 Å². The number of nitrogens with zero attached hydrogens (tertiary/aromatic N) is 3. The standard InChI is InChI=1S/C18H20N4O/c19-11-15-16(23)20-17(21-18(15)8-3-4-9-18)22-10-7-13-5-1-2-6-14(13)12-22/h1-2,5-6,15H,3-4,7-10,12H2,(H,20,21,23)/t15-/m1/s1. The van der Waals surface area contributed by atoms with Gasteiger partial charge in [0.1, 0.15) is 0 Å². The van der Waals surface area contributed by atoms with E-state index in [1.807, 2.05) is 6.07 Å². The molecule has 118 valence electrons. The number of carbonyl (C=O) groups is 1. The summed E-state index contributed by atoms with van der Waals surface area (Å²) >= 11 is 0. The Morgan fingerprint density at radius 3 is 2.74 bits per heavy atom. The third kappa shape index (κ3) is 2.29. The summed E-state index contributed by atoms with van der Waals surface area (Å²) in [6, 6.07) is 10.6. The van der Waals surface area contributed by atoms with Gasteiger partial charge in [0.25, 0.3) is 0 Å². The summed E-state index contributed by atoms with van der Waals surface area (Å²) in [6.07, 6.45) is 4.73. The maximum absolute atomic E-state index is 12.4. The molecule has 2 aliphatic heterocycles. The average Bonchev–Trinajstić information content (AvgIpc) is 3.03. The van der Waals surface area contributed by atoms with Gasteiger partial charge < -0.3 is 4.90 Å². The van der Waals surface area contributed by atoms with Crippen molar-refractivity contribution in [2.45, 2.75) is 44.2 Å². The van der Waals surface area contributed by atoms with E-state index in [2.05, 4.69) is 34.5 Å². The van der Waals surface area contributed by atoms with Crippen LogP contribution in [0.2, 0.25) is 0 Å². The lowest BCUT2D eigenvalue weighted by Gasteiger charge is -2.39. The van der Waals surface area contributed by atoms with Crippen LogP contribution >= 0.6 is 0 Å². The van der Waals surface area contributed by atoms with Crippen LogP contribution in [0.15, 0.2) is 29.3 Å². The Morgan fingerprint density at radius 1 is 1.26 bits per heavy atom. The molecule has 1 aliphatic carbocycles. The fourth-order valence-electron chi connectivity index (χ4n) is 4.12. The molecule has 3 aliphatic rings. The molecule has 2 heterocycles. The van der Waals surface area contributed by atoms with E-state index in [9.17, 15) is 10.1 Å². The number of rotatable bonds is 0. The van der Waals surface area contributed by atoms with Gasteiger partial charge in [0, 0.05) is 13.1 Å². The van der Waals surface area contributed by atoms with Crippen LogP contribution < -0.4 is 5.32 Å². The van der Waals surface area contributed by atoms with E-state index >= 15 is 0 Å². The predicted octanol–water partition coefficient (Wildman–Crippen LogP) is 1.98. The van der Waals surface area contributed by atoms with Gasteiger partial charge in [0.2, 0.25) is 11.9 Å². The van der Waals surface area contributed by atoms with Crippen LogP contribution in [0.1, 0.15) is 36.8 Å². The number of hydrogen-bond donors (Lipinski definition) is 1. The number of hydrogen-bond acceptors (Lipinski definition) is 4. The summed E-state index contributed by atoms with van der Waals surface area (Å²) in [6.45, 7) is 1.62. The number of nitriles is 1. The van der Waals surface area contributed by atoms with Gasteiger partial charge in [0.05, 0.1) is 11.6 Å². The second kappa shape index (κ2) is 5.38. The Labute approximate surface area is 136 Å². The van der Waals surface area contributed by atoms with E-state index in [1.165, 1.54) is 11.1 Å². The van der Waals surface area contributed by atoms with Crippen molar-refractivity contribution in [1.82, 2.24) is 10.2 Å². The predicted molar refractivity (Wildman–Crippen MR) is 86.4 cm³/mol. The summed E-state index contributed by atoms with van der Waals surface area (Å²) in [5.41, 5.74) is 2.17. The smallest absolute Gasteiger partial charge is 0.246 e. The maximum Gasteiger partial charge on any atom is 0.246 e. The van der Waals surface area contributed by atoms with Crippen molar-refractivity contribution in [3.8, 4) is 6.07 Å². The monoisotopic (exact) mass is 308 g/mol. The number of nitrogens with one attached hydrogen (secondary N) is 1. The first-order valence-electron chi connectivity index (χ1n) is 8.34. The molecule has 1 atom stereocenters. The van der Waals surface area contributed by atoms with Gasteiger partial charge in [-0.2, -0.15) is 5.26 Å². The largest absolute Gasteiger partial charge is 0.338 e. The van der Waals surface area contributed by atoms with Crippen LogP contribution in [0, 0.1) is 17.2 Å². The normalized spacial score (nSPS) is 25.5. The number of amides is 1. The fourth-order valence-corrected chi connectivity index (χ4v) is 4.12. The highest BCUT2D eigenvalue weighted by Crippen LogP contribution is 2.41. The van der Waals surface area contributed by atoms with Crippen molar-refractivity contribution in [2.75, 3.05) is 6.54 Å². The van der Waals surface area contributed by atoms with E-state index in [-0.39, 0.29) is 5.91 Å². The van der Waals surface area contributed by atoms with Gasteiger partial charge in [-0.15, -0.1) is 0 Å². The van der Waals surface area contributed by atoms with Crippen molar-refractivity contribution in [3.63, 3.8) is 0 Å². The van der Waals surface area contributed by atoms with Gasteiger partial charge in [-0.3, -0.25) is 10.1 Å². The van der Waals surface area contributed by atoms with E-state index < -0.39 is 11.5 Å². The molecule has 1 spiro atoms. The number of aliphatic imine (C=N–C) groups is 1. The fraction of sp³-hybridized carbons (Fsp3) is 0.500. The van der Waals surface area contributed by atoms with Crippen LogP contribution in [0.4, 0.5) is 0 Å². The quantitative estimate of drug-likeness (QED) is 0.797. The Bertz CT molecular complexity index is 712. The topological polar surface area (TPSA) is 68.5 Å². The Morgan fingerprint density at radius 2 is 2.00 bits per heavy atom. The van der Waals surface area contributed by atoms with E-state index in [0.29, 0.717) is 5.96 Å². The number of carbonyl (C=O) groups excluding carboxylic acids is 1.